The zero-order valence-electron chi connectivity index (χ0n) is 18.6. The number of fused-ring (bicyclic) bond motifs is 1. The summed E-state index contributed by atoms with van der Waals surface area (Å²) in [5.41, 5.74) is -0.725. The molecule has 13 heteroatoms. The third-order valence-electron chi connectivity index (χ3n) is 5.10. The van der Waals surface area contributed by atoms with Gasteiger partial charge in [-0.05, 0) is 24.2 Å². The Labute approximate surface area is 201 Å². The lowest BCUT2D eigenvalue weighted by Gasteiger charge is -2.17. The van der Waals surface area contributed by atoms with Gasteiger partial charge in [0.15, 0.2) is 11.6 Å². The Kier molecular flexibility index (Phi) is 6.62. The number of ether oxygens (including phenoxy) is 1. The van der Waals surface area contributed by atoms with Crippen LogP contribution in [-0.2, 0) is 17.6 Å². The minimum Gasteiger partial charge on any atom is -0.361 e. The predicted octanol–water partition coefficient (Wildman–Crippen LogP) is 5.91. The van der Waals surface area contributed by atoms with E-state index in [0.29, 0.717) is 16.6 Å². The summed E-state index contributed by atoms with van der Waals surface area (Å²) >= 11 is 3.28. The summed E-state index contributed by atoms with van der Waals surface area (Å²) in [5.74, 6) is -0.469. The Morgan fingerprint density at radius 3 is 2.62 bits per heavy atom. The highest BCUT2D eigenvalue weighted by Crippen LogP contribution is 2.35. The molecule has 0 aliphatic carbocycles. The first kappa shape index (κ1) is 24.5. The van der Waals surface area contributed by atoms with E-state index in [1.165, 1.54) is 6.07 Å². The van der Waals surface area contributed by atoms with Crippen molar-refractivity contribution in [2.45, 2.75) is 38.6 Å². The molecule has 180 valence electrons. The SMILES string of the molecule is C[Si](C)(C)CCOCn1c(-c2nncn2-c2cnccc2C(F)(F)F)nc2c(F)cc(Br)cc21. The number of hydrogen-bond acceptors (Lipinski definition) is 5. The molecule has 0 saturated carbocycles. The zero-order chi connectivity index (χ0) is 24.7. The fraction of sp³-hybridized carbons (Fsp3) is 0.333. The lowest BCUT2D eigenvalue weighted by molar-refractivity contribution is -0.137. The monoisotopic (exact) mass is 556 g/mol. The Balaban J connectivity index is 1.84. The highest BCUT2D eigenvalue weighted by atomic mass is 79.9. The maximum atomic E-state index is 14.7. The van der Waals surface area contributed by atoms with Gasteiger partial charge in [0, 0.05) is 25.4 Å². The standard InChI is InChI=1S/C21H21BrF4N6OSi/c1-34(2,3)7-6-33-12-32-16-9-13(22)8-15(23)18(16)29-19(32)20-30-28-11-31(20)17-10-27-5-4-14(17)21(24,25)26/h4-5,8-11H,6-7,12H2,1-3H3. The van der Waals surface area contributed by atoms with Gasteiger partial charge in [-0.3, -0.25) is 14.1 Å². The lowest BCUT2D eigenvalue weighted by atomic mass is 10.2. The molecule has 4 aromatic rings. The minimum absolute atomic E-state index is 0.000908. The van der Waals surface area contributed by atoms with Gasteiger partial charge in [0.25, 0.3) is 0 Å². The van der Waals surface area contributed by atoms with Crippen molar-refractivity contribution >= 4 is 35.0 Å². The van der Waals surface area contributed by atoms with Crippen LogP contribution in [0.1, 0.15) is 5.56 Å². The van der Waals surface area contributed by atoms with Crippen LogP contribution in [0.3, 0.4) is 0 Å². The predicted molar refractivity (Wildman–Crippen MR) is 125 cm³/mol. The van der Waals surface area contributed by atoms with Crippen LogP contribution in [0.25, 0.3) is 28.4 Å². The Morgan fingerprint density at radius 2 is 1.91 bits per heavy atom. The number of halogens is 5. The van der Waals surface area contributed by atoms with E-state index in [0.717, 1.165) is 35.4 Å². The third kappa shape index (κ3) is 5.05. The zero-order valence-corrected chi connectivity index (χ0v) is 21.2. The van der Waals surface area contributed by atoms with E-state index in [1.807, 2.05) is 0 Å². The van der Waals surface area contributed by atoms with Crippen molar-refractivity contribution < 1.29 is 22.3 Å². The quantitative estimate of drug-likeness (QED) is 0.161. The van der Waals surface area contributed by atoms with E-state index < -0.39 is 25.6 Å². The first-order valence-electron chi connectivity index (χ1n) is 10.3. The summed E-state index contributed by atoms with van der Waals surface area (Å²) in [6.07, 6.45) is -1.35. The first-order valence-corrected chi connectivity index (χ1v) is 14.8. The molecule has 0 amide bonds. The molecule has 0 aliphatic rings. The molecule has 0 bridgehead atoms. The molecule has 0 unspecified atom stereocenters. The molecule has 0 N–H and O–H groups in total. The Morgan fingerprint density at radius 1 is 1.15 bits per heavy atom. The van der Waals surface area contributed by atoms with Crippen molar-refractivity contribution in [2.24, 2.45) is 0 Å². The molecule has 3 heterocycles. The van der Waals surface area contributed by atoms with Crippen LogP contribution in [0.5, 0.6) is 0 Å². The van der Waals surface area contributed by atoms with Gasteiger partial charge in [-0.2, -0.15) is 13.2 Å². The van der Waals surface area contributed by atoms with Gasteiger partial charge >= 0.3 is 6.18 Å². The normalized spacial score (nSPS) is 12.6. The fourth-order valence-corrected chi connectivity index (χ4v) is 4.54. The summed E-state index contributed by atoms with van der Waals surface area (Å²) in [6.45, 7) is 7.15. The second-order valence-electron chi connectivity index (χ2n) is 8.88. The molecule has 0 fully saturated rings. The van der Waals surface area contributed by atoms with E-state index in [1.54, 1.807) is 10.6 Å². The van der Waals surface area contributed by atoms with Crippen LogP contribution in [-0.4, -0.2) is 44.0 Å². The van der Waals surface area contributed by atoms with Crippen LogP contribution < -0.4 is 0 Å². The summed E-state index contributed by atoms with van der Waals surface area (Å²) in [7, 11) is -1.35. The third-order valence-corrected chi connectivity index (χ3v) is 7.26. The molecule has 4 rings (SSSR count). The van der Waals surface area contributed by atoms with Gasteiger partial charge in [-0.25, -0.2) is 9.37 Å². The maximum absolute atomic E-state index is 14.7. The average Bonchev–Trinajstić information content (AvgIpc) is 3.35. The van der Waals surface area contributed by atoms with E-state index in [-0.39, 0.29) is 29.6 Å². The van der Waals surface area contributed by atoms with Gasteiger partial charge in [-0.1, -0.05) is 35.6 Å². The summed E-state index contributed by atoms with van der Waals surface area (Å²) in [5, 5.41) is 7.82. The molecule has 1 aromatic carbocycles. The van der Waals surface area contributed by atoms with Crippen LogP contribution in [0.15, 0.2) is 41.4 Å². The van der Waals surface area contributed by atoms with Crippen molar-refractivity contribution in [2.75, 3.05) is 6.61 Å². The fourth-order valence-electron chi connectivity index (χ4n) is 3.37. The molecule has 7 nitrogen and oxygen atoms in total. The minimum atomic E-state index is -4.63. The van der Waals surface area contributed by atoms with Gasteiger partial charge in [0.1, 0.15) is 18.6 Å². The number of pyridine rings is 1. The highest BCUT2D eigenvalue weighted by molar-refractivity contribution is 9.10. The number of alkyl halides is 3. The van der Waals surface area contributed by atoms with E-state index in [9.17, 15) is 17.6 Å². The topological polar surface area (TPSA) is 70.7 Å². The molecule has 3 aromatic heterocycles. The van der Waals surface area contributed by atoms with E-state index in [4.69, 9.17) is 4.74 Å². The van der Waals surface area contributed by atoms with E-state index in [2.05, 4.69) is 55.7 Å². The molecule has 34 heavy (non-hydrogen) atoms. The van der Waals surface area contributed by atoms with Crippen molar-refractivity contribution in [3.63, 3.8) is 0 Å². The number of benzene rings is 1. The lowest BCUT2D eigenvalue weighted by Crippen LogP contribution is -2.22. The molecule has 0 spiro atoms. The van der Waals surface area contributed by atoms with Gasteiger partial charge in [-0.15, -0.1) is 10.2 Å². The van der Waals surface area contributed by atoms with Gasteiger partial charge < -0.3 is 4.74 Å². The van der Waals surface area contributed by atoms with Crippen molar-refractivity contribution in [3.05, 3.63) is 52.8 Å². The summed E-state index contributed by atoms with van der Waals surface area (Å²) in [6, 6.07) is 4.72. The Hall–Kier alpha value is -2.64. The summed E-state index contributed by atoms with van der Waals surface area (Å²) < 4.78 is 64.7. The van der Waals surface area contributed by atoms with E-state index >= 15 is 0 Å². The first-order chi connectivity index (χ1) is 16.0. The van der Waals surface area contributed by atoms with Crippen LogP contribution in [0.4, 0.5) is 17.6 Å². The van der Waals surface area contributed by atoms with Gasteiger partial charge in [0.2, 0.25) is 5.82 Å². The molecule has 0 atom stereocenters. The van der Waals surface area contributed by atoms with Crippen molar-refractivity contribution in [1.82, 2.24) is 29.3 Å². The Bertz CT molecular complexity index is 1330. The van der Waals surface area contributed by atoms with Crippen molar-refractivity contribution in [1.29, 1.82) is 0 Å². The molecular weight excluding hydrogens is 536 g/mol. The second kappa shape index (κ2) is 9.19. The average molecular weight is 557 g/mol. The number of aromatic nitrogens is 6. The smallest absolute Gasteiger partial charge is 0.361 e. The largest absolute Gasteiger partial charge is 0.418 e. The summed E-state index contributed by atoms with van der Waals surface area (Å²) in [4.78, 5) is 8.21. The maximum Gasteiger partial charge on any atom is 0.418 e. The van der Waals surface area contributed by atoms with Gasteiger partial charge in [0.05, 0.1) is 23.0 Å². The highest BCUT2D eigenvalue weighted by Gasteiger charge is 2.35. The number of imidazole rings is 1. The number of hydrogen-bond donors (Lipinski definition) is 0. The number of nitrogens with zero attached hydrogens (tertiary/aromatic N) is 6. The van der Waals surface area contributed by atoms with Crippen LogP contribution in [0.2, 0.25) is 25.7 Å². The molecular formula is C21H21BrF4N6OSi. The molecule has 0 aliphatic heterocycles. The number of rotatable bonds is 7. The van der Waals surface area contributed by atoms with Crippen LogP contribution >= 0.6 is 15.9 Å². The van der Waals surface area contributed by atoms with Crippen LogP contribution in [0, 0.1) is 5.82 Å². The second-order valence-corrected chi connectivity index (χ2v) is 15.4. The molecule has 0 radical (unpaired) electrons. The van der Waals surface area contributed by atoms with Crippen molar-refractivity contribution in [3.8, 4) is 17.3 Å². The molecule has 0 saturated heterocycles.